The highest BCUT2D eigenvalue weighted by atomic mass is 16.5. The SMILES string of the molecule is CCCNC(=O)c1ccc(CN(Cc2ccccc2)Cc2cccc(OC)c2)o1. The van der Waals surface area contributed by atoms with Crippen LogP contribution in [0.15, 0.2) is 71.1 Å². The van der Waals surface area contributed by atoms with Gasteiger partial charge in [-0.1, -0.05) is 49.4 Å². The summed E-state index contributed by atoms with van der Waals surface area (Å²) in [4.78, 5) is 14.4. The fourth-order valence-electron chi connectivity index (χ4n) is 3.17. The van der Waals surface area contributed by atoms with Gasteiger partial charge in [0.05, 0.1) is 13.7 Å². The number of rotatable bonds is 10. The summed E-state index contributed by atoms with van der Waals surface area (Å²) in [7, 11) is 1.68. The number of nitrogens with one attached hydrogen (secondary N) is 1. The normalized spacial score (nSPS) is 10.9. The minimum absolute atomic E-state index is 0.166. The van der Waals surface area contributed by atoms with E-state index in [0.29, 0.717) is 18.8 Å². The average molecular weight is 392 g/mol. The third-order valence-electron chi connectivity index (χ3n) is 4.59. The molecular weight excluding hydrogens is 364 g/mol. The first-order valence-electron chi connectivity index (χ1n) is 9.94. The first-order chi connectivity index (χ1) is 14.2. The van der Waals surface area contributed by atoms with Gasteiger partial charge in [0.15, 0.2) is 5.76 Å². The van der Waals surface area contributed by atoms with Gasteiger partial charge in [-0.3, -0.25) is 9.69 Å². The lowest BCUT2D eigenvalue weighted by atomic mass is 10.1. The Kier molecular flexibility index (Phi) is 7.47. The molecule has 0 aliphatic heterocycles. The fraction of sp³-hybridized carbons (Fsp3) is 0.292. The number of ether oxygens (including phenoxy) is 1. The molecule has 5 nitrogen and oxygen atoms in total. The number of carbonyl (C=O) groups excluding carboxylic acids is 1. The quantitative estimate of drug-likeness (QED) is 0.547. The van der Waals surface area contributed by atoms with Crippen LogP contribution in [0.5, 0.6) is 5.75 Å². The van der Waals surface area contributed by atoms with Crippen LogP contribution in [-0.2, 0) is 19.6 Å². The van der Waals surface area contributed by atoms with Gasteiger partial charge in [-0.05, 0) is 41.8 Å². The van der Waals surface area contributed by atoms with E-state index in [2.05, 4.69) is 28.4 Å². The standard InChI is InChI=1S/C24H28N2O3/c1-3-14-25-24(27)23-13-12-22(29-23)18-26(16-19-8-5-4-6-9-19)17-20-10-7-11-21(15-20)28-2/h4-13,15H,3,14,16-18H2,1-2H3,(H,25,27). The van der Waals surface area contributed by atoms with Crippen LogP contribution in [0.4, 0.5) is 0 Å². The van der Waals surface area contributed by atoms with E-state index in [1.165, 1.54) is 5.56 Å². The van der Waals surface area contributed by atoms with Crippen LogP contribution >= 0.6 is 0 Å². The fourth-order valence-corrected chi connectivity index (χ4v) is 3.17. The molecule has 0 unspecified atom stereocenters. The van der Waals surface area contributed by atoms with E-state index in [4.69, 9.17) is 9.15 Å². The largest absolute Gasteiger partial charge is 0.497 e. The number of carbonyl (C=O) groups is 1. The number of nitrogens with zero attached hydrogens (tertiary/aromatic N) is 1. The molecule has 0 saturated heterocycles. The van der Waals surface area contributed by atoms with Gasteiger partial charge in [0.1, 0.15) is 11.5 Å². The minimum atomic E-state index is -0.166. The molecule has 0 bridgehead atoms. The Hall–Kier alpha value is -3.05. The molecule has 0 saturated carbocycles. The predicted molar refractivity (Wildman–Crippen MR) is 114 cm³/mol. The van der Waals surface area contributed by atoms with Crippen LogP contribution in [0, 0.1) is 0 Å². The van der Waals surface area contributed by atoms with Crippen molar-refractivity contribution in [1.29, 1.82) is 0 Å². The Bertz CT molecular complexity index is 905. The zero-order valence-corrected chi connectivity index (χ0v) is 17.1. The second-order valence-electron chi connectivity index (χ2n) is 7.00. The van der Waals surface area contributed by atoms with Gasteiger partial charge in [-0.15, -0.1) is 0 Å². The highest BCUT2D eigenvalue weighted by Crippen LogP contribution is 2.19. The summed E-state index contributed by atoms with van der Waals surface area (Å²) in [6.45, 7) is 4.78. The Balaban J connectivity index is 1.74. The smallest absolute Gasteiger partial charge is 0.286 e. The molecule has 3 rings (SSSR count). The van der Waals surface area contributed by atoms with E-state index in [0.717, 1.165) is 36.6 Å². The van der Waals surface area contributed by atoms with E-state index in [9.17, 15) is 4.79 Å². The molecule has 29 heavy (non-hydrogen) atoms. The van der Waals surface area contributed by atoms with Crippen molar-refractivity contribution in [3.8, 4) is 5.75 Å². The van der Waals surface area contributed by atoms with Gasteiger partial charge in [0.25, 0.3) is 5.91 Å². The van der Waals surface area contributed by atoms with Gasteiger partial charge >= 0.3 is 0 Å². The zero-order chi connectivity index (χ0) is 20.5. The van der Waals surface area contributed by atoms with Gasteiger partial charge in [-0.2, -0.15) is 0 Å². The molecule has 3 aromatic rings. The average Bonchev–Trinajstić information content (AvgIpc) is 3.21. The monoisotopic (exact) mass is 392 g/mol. The summed E-state index contributed by atoms with van der Waals surface area (Å²) in [5, 5.41) is 2.85. The molecular formula is C24H28N2O3. The molecule has 0 fully saturated rings. The highest BCUT2D eigenvalue weighted by Gasteiger charge is 2.14. The molecule has 0 aliphatic carbocycles. The maximum absolute atomic E-state index is 12.1. The third kappa shape index (κ3) is 6.22. The number of hydrogen-bond donors (Lipinski definition) is 1. The number of hydrogen-bond acceptors (Lipinski definition) is 4. The van der Waals surface area contributed by atoms with E-state index >= 15 is 0 Å². The number of methoxy groups -OCH3 is 1. The second kappa shape index (κ2) is 10.5. The summed E-state index contributed by atoms with van der Waals surface area (Å²) < 4.78 is 11.2. The van der Waals surface area contributed by atoms with Gasteiger partial charge in [0, 0.05) is 19.6 Å². The molecule has 1 heterocycles. The molecule has 0 aliphatic rings. The maximum Gasteiger partial charge on any atom is 0.286 e. The maximum atomic E-state index is 12.1. The topological polar surface area (TPSA) is 54.7 Å². The van der Waals surface area contributed by atoms with E-state index < -0.39 is 0 Å². The van der Waals surface area contributed by atoms with Crippen molar-refractivity contribution in [1.82, 2.24) is 10.2 Å². The Morgan fingerprint density at radius 1 is 0.966 bits per heavy atom. The molecule has 0 radical (unpaired) electrons. The first kappa shape index (κ1) is 20.7. The molecule has 2 aromatic carbocycles. The van der Waals surface area contributed by atoms with E-state index in [-0.39, 0.29) is 5.91 Å². The molecule has 1 N–H and O–H groups in total. The van der Waals surface area contributed by atoms with Gasteiger partial charge < -0.3 is 14.5 Å². The van der Waals surface area contributed by atoms with E-state index in [1.807, 2.05) is 49.4 Å². The number of amides is 1. The first-order valence-corrected chi connectivity index (χ1v) is 9.94. The molecule has 0 atom stereocenters. The Morgan fingerprint density at radius 3 is 2.48 bits per heavy atom. The number of benzene rings is 2. The highest BCUT2D eigenvalue weighted by molar-refractivity contribution is 5.91. The minimum Gasteiger partial charge on any atom is -0.497 e. The van der Waals surface area contributed by atoms with Crippen LogP contribution in [-0.4, -0.2) is 24.5 Å². The third-order valence-corrected chi connectivity index (χ3v) is 4.59. The predicted octanol–water partition coefficient (Wildman–Crippen LogP) is 4.63. The van der Waals surface area contributed by atoms with Crippen molar-refractivity contribution in [2.75, 3.05) is 13.7 Å². The number of furan rings is 1. The van der Waals surface area contributed by atoms with Crippen molar-refractivity contribution in [2.24, 2.45) is 0 Å². The van der Waals surface area contributed by atoms with Crippen molar-refractivity contribution in [3.63, 3.8) is 0 Å². The molecule has 152 valence electrons. The van der Waals surface area contributed by atoms with E-state index in [1.54, 1.807) is 13.2 Å². The lowest BCUT2D eigenvalue weighted by Gasteiger charge is -2.22. The summed E-state index contributed by atoms with van der Waals surface area (Å²) in [6.07, 6.45) is 0.894. The Labute approximate surface area is 172 Å². The zero-order valence-electron chi connectivity index (χ0n) is 17.1. The summed E-state index contributed by atoms with van der Waals surface area (Å²) in [6, 6.07) is 22.0. The Morgan fingerprint density at radius 2 is 1.72 bits per heavy atom. The van der Waals surface area contributed by atoms with Crippen molar-refractivity contribution in [3.05, 3.63) is 89.4 Å². The molecule has 1 amide bonds. The van der Waals surface area contributed by atoms with Crippen LogP contribution in [0.1, 0.15) is 40.8 Å². The van der Waals surface area contributed by atoms with Crippen molar-refractivity contribution in [2.45, 2.75) is 33.0 Å². The van der Waals surface area contributed by atoms with Crippen LogP contribution in [0.3, 0.4) is 0 Å². The lowest BCUT2D eigenvalue weighted by Crippen LogP contribution is -2.23. The van der Waals surface area contributed by atoms with Crippen LogP contribution < -0.4 is 10.1 Å². The van der Waals surface area contributed by atoms with Crippen molar-refractivity contribution < 1.29 is 13.9 Å². The molecule has 0 spiro atoms. The van der Waals surface area contributed by atoms with Crippen LogP contribution in [0.25, 0.3) is 0 Å². The summed E-state index contributed by atoms with van der Waals surface area (Å²) in [5.41, 5.74) is 2.38. The van der Waals surface area contributed by atoms with Crippen LogP contribution in [0.2, 0.25) is 0 Å². The van der Waals surface area contributed by atoms with Gasteiger partial charge in [0.2, 0.25) is 0 Å². The summed E-state index contributed by atoms with van der Waals surface area (Å²) in [5.74, 6) is 1.80. The second-order valence-corrected chi connectivity index (χ2v) is 7.00. The lowest BCUT2D eigenvalue weighted by molar-refractivity contribution is 0.0921. The molecule has 1 aromatic heterocycles. The van der Waals surface area contributed by atoms with Gasteiger partial charge in [-0.25, -0.2) is 0 Å². The van der Waals surface area contributed by atoms with Crippen molar-refractivity contribution >= 4 is 5.91 Å². The molecule has 5 heteroatoms. The summed E-state index contributed by atoms with van der Waals surface area (Å²) >= 11 is 0.